The second-order valence-electron chi connectivity index (χ2n) is 4.42. The van der Waals surface area contributed by atoms with E-state index in [4.69, 9.17) is 9.05 Å². The Morgan fingerprint density at radius 2 is 1.53 bits per heavy atom. The van der Waals surface area contributed by atoms with Crippen molar-refractivity contribution in [3.8, 4) is 0 Å². The van der Waals surface area contributed by atoms with Gasteiger partial charge in [-0.3, -0.25) is 9.36 Å². The molecule has 1 saturated carbocycles. The lowest BCUT2D eigenvalue weighted by Crippen LogP contribution is -2.15. The third kappa shape index (κ3) is 3.71. The van der Waals surface area contributed by atoms with Crippen LogP contribution in [0.5, 0.6) is 0 Å². The van der Waals surface area contributed by atoms with Crippen LogP contribution < -0.4 is 0 Å². The molecule has 1 aliphatic rings. The Morgan fingerprint density at radius 1 is 1.13 bits per heavy atom. The first-order chi connectivity index (χ1) is 6.85. The lowest BCUT2D eigenvalue weighted by molar-refractivity contribution is -0.115. The van der Waals surface area contributed by atoms with Crippen molar-refractivity contribution < 1.29 is 18.4 Å². The Labute approximate surface area is 90.9 Å². The Bertz CT molecular complexity index is 267. The number of hydrogen-bond donors (Lipinski definition) is 0. The van der Waals surface area contributed by atoms with Crippen molar-refractivity contribution in [2.24, 2.45) is 5.92 Å². The molecule has 0 saturated heterocycles. The molecule has 1 aliphatic carbocycles. The van der Waals surface area contributed by atoms with Gasteiger partial charge in [0.2, 0.25) is 5.52 Å². The minimum absolute atomic E-state index is 0.103. The van der Waals surface area contributed by atoms with Crippen molar-refractivity contribution in [2.45, 2.75) is 52.7 Å². The first kappa shape index (κ1) is 12.9. The zero-order valence-electron chi connectivity index (χ0n) is 9.73. The molecule has 0 bridgehead atoms. The Hall–Kier alpha value is -0.180. The van der Waals surface area contributed by atoms with Crippen LogP contribution in [0.25, 0.3) is 0 Å². The minimum atomic E-state index is -3.56. The molecule has 4 nitrogen and oxygen atoms in total. The maximum Gasteiger partial charge on any atom is 0.397 e. The van der Waals surface area contributed by atoms with E-state index in [2.05, 4.69) is 0 Å². The van der Waals surface area contributed by atoms with E-state index in [1.165, 1.54) is 0 Å². The molecular weight excluding hydrogens is 215 g/mol. The summed E-state index contributed by atoms with van der Waals surface area (Å²) >= 11 is 0. The normalized spacial score (nSPS) is 17.5. The molecule has 0 amide bonds. The highest BCUT2D eigenvalue weighted by Crippen LogP contribution is 2.56. The van der Waals surface area contributed by atoms with Gasteiger partial charge >= 0.3 is 7.60 Å². The van der Waals surface area contributed by atoms with Gasteiger partial charge in [-0.05, 0) is 40.5 Å². The molecule has 1 fully saturated rings. The van der Waals surface area contributed by atoms with E-state index in [0.717, 1.165) is 12.8 Å². The maximum atomic E-state index is 12.2. The van der Waals surface area contributed by atoms with E-state index in [9.17, 15) is 9.36 Å². The van der Waals surface area contributed by atoms with E-state index in [1.54, 1.807) is 27.7 Å². The quantitative estimate of drug-likeness (QED) is 0.663. The van der Waals surface area contributed by atoms with Gasteiger partial charge in [0.1, 0.15) is 0 Å². The largest absolute Gasteiger partial charge is 0.397 e. The van der Waals surface area contributed by atoms with Gasteiger partial charge in [-0.2, -0.15) is 0 Å². The van der Waals surface area contributed by atoms with Gasteiger partial charge in [0, 0.05) is 5.92 Å². The Balaban J connectivity index is 2.74. The SMILES string of the molecule is CC(C)OP(=O)(OC(C)C)C(=O)C1CC1. The summed E-state index contributed by atoms with van der Waals surface area (Å²) in [6.07, 6.45) is 1.09. The van der Waals surface area contributed by atoms with Crippen molar-refractivity contribution in [2.75, 3.05) is 0 Å². The highest BCUT2D eigenvalue weighted by molar-refractivity contribution is 7.71. The molecule has 5 heteroatoms. The molecule has 0 aliphatic heterocycles. The summed E-state index contributed by atoms with van der Waals surface area (Å²) in [5.74, 6) is -0.103. The van der Waals surface area contributed by atoms with Crippen molar-refractivity contribution >= 4 is 13.1 Å². The summed E-state index contributed by atoms with van der Waals surface area (Å²) in [6.45, 7) is 6.99. The molecule has 0 atom stereocenters. The number of rotatable bonds is 6. The predicted molar refractivity (Wildman–Crippen MR) is 57.8 cm³/mol. The zero-order valence-corrected chi connectivity index (χ0v) is 10.6. The monoisotopic (exact) mass is 234 g/mol. The summed E-state index contributed by atoms with van der Waals surface area (Å²) in [4.78, 5) is 11.8. The van der Waals surface area contributed by atoms with Gasteiger partial charge < -0.3 is 9.05 Å². The number of hydrogen-bond acceptors (Lipinski definition) is 4. The summed E-state index contributed by atoms with van der Waals surface area (Å²) in [5, 5.41) is 0. The van der Waals surface area contributed by atoms with Crippen LogP contribution in [-0.4, -0.2) is 17.7 Å². The third-order valence-corrected chi connectivity index (χ3v) is 4.20. The molecule has 0 spiro atoms. The average Bonchev–Trinajstić information content (AvgIpc) is 2.81. The molecule has 15 heavy (non-hydrogen) atoms. The van der Waals surface area contributed by atoms with Gasteiger partial charge in [0.25, 0.3) is 0 Å². The van der Waals surface area contributed by atoms with Crippen LogP contribution in [0.4, 0.5) is 0 Å². The van der Waals surface area contributed by atoms with Crippen LogP contribution in [0.1, 0.15) is 40.5 Å². The highest BCUT2D eigenvalue weighted by Gasteiger charge is 2.45. The maximum absolute atomic E-state index is 12.2. The van der Waals surface area contributed by atoms with E-state index in [-0.39, 0.29) is 23.7 Å². The van der Waals surface area contributed by atoms with Gasteiger partial charge in [0.15, 0.2) is 0 Å². The van der Waals surface area contributed by atoms with Crippen LogP contribution in [0.15, 0.2) is 0 Å². The summed E-state index contributed by atoms with van der Waals surface area (Å²) in [5.41, 5.74) is -0.343. The predicted octanol–water partition coefficient (Wildman–Crippen LogP) is 2.97. The fraction of sp³-hybridized carbons (Fsp3) is 0.900. The second kappa shape index (κ2) is 4.77. The second-order valence-corrected chi connectivity index (χ2v) is 6.28. The smallest absolute Gasteiger partial charge is 0.300 e. The standard InChI is InChI=1S/C10H19O4P/c1-7(2)13-15(12,14-8(3)4)10(11)9-5-6-9/h7-9H,5-6H2,1-4H3. The van der Waals surface area contributed by atoms with Crippen molar-refractivity contribution in [3.63, 3.8) is 0 Å². The van der Waals surface area contributed by atoms with Crippen LogP contribution >= 0.6 is 7.60 Å². The molecule has 0 heterocycles. The molecule has 0 radical (unpaired) electrons. The fourth-order valence-corrected chi connectivity index (χ4v) is 3.31. The van der Waals surface area contributed by atoms with Gasteiger partial charge in [-0.1, -0.05) is 0 Å². The Morgan fingerprint density at radius 3 is 1.80 bits per heavy atom. The van der Waals surface area contributed by atoms with Crippen LogP contribution in [-0.2, 0) is 18.4 Å². The fourth-order valence-electron chi connectivity index (χ4n) is 1.24. The van der Waals surface area contributed by atoms with Gasteiger partial charge in [-0.15, -0.1) is 0 Å². The van der Waals surface area contributed by atoms with Crippen LogP contribution in [0.2, 0.25) is 0 Å². The van der Waals surface area contributed by atoms with Crippen LogP contribution in [0.3, 0.4) is 0 Å². The summed E-state index contributed by atoms with van der Waals surface area (Å²) in [6, 6.07) is 0. The first-order valence-corrected chi connectivity index (χ1v) is 6.90. The average molecular weight is 234 g/mol. The molecule has 0 aromatic heterocycles. The molecule has 0 aromatic rings. The lowest BCUT2D eigenvalue weighted by atomic mass is 10.5. The molecule has 0 N–H and O–H groups in total. The third-order valence-electron chi connectivity index (χ3n) is 1.90. The first-order valence-electron chi connectivity index (χ1n) is 5.36. The molecule has 1 rings (SSSR count). The van der Waals surface area contributed by atoms with E-state index in [1.807, 2.05) is 0 Å². The topological polar surface area (TPSA) is 52.6 Å². The highest BCUT2D eigenvalue weighted by atomic mass is 31.2. The molecule has 0 aromatic carbocycles. The van der Waals surface area contributed by atoms with E-state index < -0.39 is 7.60 Å². The van der Waals surface area contributed by atoms with Crippen LogP contribution in [0, 0.1) is 5.92 Å². The summed E-state index contributed by atoms with van der Waals surface area (Å²) < 4.78 is 22.6. The van der Waals surface area contributed by atoms with Crippen molar-refractivity contribution in [1.82, 2.24) is 0 Å². The van der Waals surface area contributed by atoms with Gasteiger partial charge in [-0.25, -0.2) is 0 Å². The lowest BCUT2D eigenvalue weighted by Gasteiger charge is -2.21. The number of carbonyl (C=O) groups excluding carboxylic acids is 1. The minimum Gasteiger partial charge on any atom is -0.300 e. The van der Waals surface area contributed by atoms with E-state index >= 15 is 0 Å². The summed E-state index contributed by atoms with van der Waals surface area (Å²) in [7, 11) is -3.56. The van der Waals surface area contributed by atoms with E-state index in [0.29, 0.717) is 0 Å². The van der Waals surface area contributed by atoms with Gasteiger partial charge in [0.05, 0.1) is 12.2 Å². The van der Waals surface area contributed by atoms with Crippen molar-refractivity contribution in [1.29, 1.82) is 0 Å². The number of carbonyl (C=O) groups is 1. The molecular formula is C10H19O4P. The molecule has 0 unspecified atom stereocenters. The van der Waals surface area contributed by atoms with Crippen molar-refractivity contribution in [3.05, 3.63) is 0 Å². The molecule has 88 valence electrons. The zero-order chi connectivity index (χ0) is 11.6. The Kier molecular flexibility index (Phi) is 4.10.